The lowest BCUT2D eigenvalue weighted by atomic mass is 10.0. The van der Waals surface area contributed by atoms with Crippen LogP contribution in [0.5, 0.6) is 0 Å². The molecule has 0 bridgehead atoms. The van der Waals surface area contributed by atoms with Gasteiger partial charge in [-0.25, -0.2) is 9.78 Å². The van der Waals surface area contributed by atoms with Crippen LogP contribution in [-0.2, 0) is 36.8 Å². The third-order valence-corrected chi connectivity index (χ3v) is 6.66. The molecule has 2 heterocycles. The molecule has 0 saturated carbocycles. The predicted molar refractivity (Wildman–Crippen MR) is 152 cm³/mol. The van der Waals surface area contributed by atoms with Gasteiger partial charge in [-0.15, -0.1) is 0 Å². The topological polar surface area (TPSA) is 232 Å². The van der Waals surface area contributed by atoms with Gasteiger partial charge in [0.25, 0.3) is 0 Å². The van der Waals surface area contributed by atoms with Crippen molar-refractivity contribution in [2.45, 2.75) is 70.1 Å². The summed E-state index contributed by atoms with van der Waals surface area (Å²) in [5, 5.41) is 27.3. The number of aromatic amines is 2. The summed E-state index contributed by atoms with van der Waals surface area (Å²) in [4.78, 5) is 72.6. The summed E-state index contributed by atoms with van der Waals surface area (Å²) in [6.07, 6.45) is 4.17. The van der Waals surface area contributed by atoms with E-state index in [1.54, 1.807) is 6.20 Å². The van der Waals surface area contributed by atoms with Crippen molar-refractivity contribution in [3.8, 4) is 0 Å². The molecule has 14 heteroatoms. The van der Waals surface area contributed by atoms with Crippen LogP contribution in [0.3, 0.4) is 0 Å². The lowest BCUT2D eigenvalue weighted by Gasteiger charge is -2.25. The molecule has 0 aliphatic carbocycles. The number of amides is 3. The van der Waals surface area contributed by atoms with Crippen LogP contribution < -0.4 is 21.7 Å². The Labute approximate surface area is 241 Å². The molecular formula is C28H37N7O7. The molecule has 9 N–H and O–H groups in total. The predicted octanol–water partition coefficient (Wildman–Crippen LogP) is 0.453. The van der Waals surface area contributed by atoms with Gasteiger partial charge in [-0.3, -0.25) is 19.2 Å². The first-order chi connectivity index (χ1) is 19.9. The molecule has 0 aliphatic heterocycles. The number of benzene rings is 1. The summed E-state index contributed by atoms with van der Waals surface area (Å²) < 4.78 is 0. The standard InChI is InChI=1S/C28H37N7O7/c1-15(2)9-23(28(41)42)35-27(40)22(10-16-12-31-20-6-4-3-5-18(16)20)34-26(39)21(7-8-24(36)37)33-25(38)19(29)11-17-13-30-14-32-17/h3-6,12-15,19,21-23,31H,7-11,29H2,1-2H3,(H,30,32)(H,33,38)(H,34,39)(H,35,40)(H,36,37)(H,41,42). The van der Waals surface area contributed by atoms with Crippen molar-refractivity contribution in [1.82, 2.24) is 30.9 Å². The van der Waals surface area contributed by atoms with Gasteiger partial charge in [0.1, 0.15) is 18.1 Å². The van der Waals surface area contributed by atoms with E-state index in [1.807, 2.05) is 38.1 Å². The highest BCUT2D eigenvalue weighted by atomic mass is 16.4. The minimum absolute atomic E-state index is 0.00542. The van der Waals surface area contributed by atoms with Crippen molar-refractivity contribution in [3.05, 3.63) is 54.2 Å². The average Bonchev–Trinajstić information content (AvgIpc) is 3.59. The van der Waals surface area contributed by atoms with E-state index in [9.17, 15) is 34.2 Å². The van der Waals surface area contributed by atoms with Crippen molar-refractivity contribution >= 4 is 40.6 Å². The fraction of sp³-hybridized carbons (Fsp3) is 0.429. The maximum atomic E-state index is 13.5. The number of fused-ring (bicyclic) bond motifs is 1. The number of nitrogens with two attached hydrogens (primary N) is 1. The van der Waals surface area contributed by atoms with E-state index in [-0.39, 0.29) is 31.6 Å². The number of hydrogen-bond donors (Lipinski definition) is 8. The van der Waals surface area contributed by atoms with Crippen LogP contribution in [-0.4, -0.2) is 79.0 Å². The maximum Gasteiger partial charge on any atom is 0.326 e. The number of para-hydroxylation sites is 1. The zero-order chi connectivity index (χ0) is 30.8. The quantitative estimate of drug-likeness (QED) is 0.117. The molecule has 0 fully saturated rings. The number of carboxylic acids is 2. The van der Waals surface area contributed by atoms with Crippen molar-refractivity contribution in [2.24, 2.45) is 11.7 Å². The molecule has 14 nitrogen and oxygen atoms in total. The molecule has 1 aromatic carbocycles. The second kappa shape index (κ2) is 14.8. The van der Waals surface area contributed by atoms with Gasteiger partial charge in [0, 0.05) is 48.3 Å². The van der Waals surface area contributed by atoms with E-state index in [2.05, 4.69) is 30.9 Å². The zero-order valence-corrected chi connectivity index (χ0v) is 23.4. The number of nitrogens with one attached hydrogen (secondary N) is 5. The van der Waals surface area contributed by atoms with Gasteiger partial charge >= 0.3 is 11.9 Å². The first kappa shape index (κ1) is 31.8. The molecule has 3 rings (SSSR count). The molecule has 3 amide bonds. The Balaban J connectivity index is 1.83. The van der Waals surface area contributed by atoms with Crippen LogP contribution in [0.4, 0.5) is 0 Å². The number of aromatic nitrogens is 3. The molecule has 4 atom stereocenters. The molecule has 226 valence electrons. The normalized spacial score (nSPS) is 14.1. The Morgan fingerprint density at radius 1 is 0.905 bits per heavy atom. The van der Waals surface area contributed by atoms with Crippen LogP contribution in [0.2, 0.25) is 0 Å². The summed E-state index contributed by atoms with van der Waals surface area (Å²) in [5.74, 6) is -4.68. The number of carbonyl (C=O) groups is 5. The first-order valence-corrected chi connectivity index (χ1v) is 13.6. The van der Waals surface area contributed by atoms with Crippen molar-refractivity contribution in [3.63, 3.8) is 0 Å². The molecule has 2 aromatic heterocycles. The van der Waals surface area contributed by atoms with Gasteiger partial charge in [-0.1, -0.05) is 32.0 Å². The number of nitrogens with zero attached hydrogens (tertiary/aromatic N) is 1. The van der Waals surface area contributed by atoms with Crippen LogP contribution in [0.15, 0.2) is 43.0 Å². The third-order valence-electron chi connectivity index (χ3n) is 6.66. The minimum Gasteiger partial charge on any atom is -0.481 e. The number of aliphatic carboxylic acids is 2. The Bertz CT molecular complexity index is 1390. The molecule has 0 aliphatic rings. The third kappa shape index (κ3) is 9.16. The van der Waals surface area contributed by atoms with Crippen molar-refractivity contribution in [2.75, 3.05) is 0 Å². The number of imidazole rings is 1. The molecule has 3 aromatic rings. The Kier molecular flexibility index (Phi) is 11.2. The Morgan fingerprint density at radius 3 is 2.21 bits per heavy atom. The fourth-order valence-corrected chi connectivity index (χ4v) is 4.51. The first-order valence-electron chi connectivity index (χ1n) is 13.6. The van der Waals surface area contributed by atoms with Gasteiger partial charge in [-0.2, -0.15) is 0 Å². The summed E-state index contributed by atoms with van der Waals surface area (Å²) >= 11 is 0. The molecule has 0 saturated heterocycles. The number of rotatable bonds is 16. The summed E-state index contributed by atoms with van der Waals surface area (Å²) in [5.41, 5.74) is 8.08. The zero-order valence-electron chi connectivity index (χ0n) is 23.4. The summed E-state index contributed by atoms with van der Waals surface area (Å²) in [7, 11) is 0. The van der Waals surface area contributed by atoms with Crippen LogP contribution in [0, 0.1) is 5.92 Å². The van der Waals surface area contributed by atoms with E-state index >= 15 is 0 Å². The fourth-order valence-electron chi connectivity index (χ4n) is 4.51. The highest BCUT2D eigenvalue weighted by Gasteiger charge is 2.31. The van der Waals surface area contributed by atoms with Gasteiger partial charge in [-0.05, 0) is 30.4 Å². The monoisotopic (exact) mass is 583 g/mol. The van der Waals surface area contributed by atoms with Crippen LogP contribution in [0.1, 0.15) is 44.4 Å². The van der Waals surface area contributed by atoms with Gasteiger partial charge < -0.3 is 41.9 Å². The highest BCUT2D eigenvalue weighted by molar-refractivity contribution is 5.95. The molecule has 0 radical (unpaired) electrons. The summed E-state index contributed by atoms with van der Waals surface area (Å²) in [6, 6.07) is 2.52. The van der Waals surface area contributed by atoms with E-state index in [0.29, 0.717) is 11.3 Å². The van der Waals surface area contributed by atoms with Gasteiger partial charge in [0.15, 0.2) is 0 Å². The molecular weight excluding hydrogens is 546 g/mol. The average molecular weight is 584 g/mol. The van der Waals surface area contributed by atoms with Gasteiger partial charge in [0.05, 0.1) is 12.4 Å². The SMILES string of the molecule is CC(C)CC(NC(=O)C(Cc1c[nH]c2ccccc12)NC(=O)C(CCC(=O)O)NC(=O)C(N)Cc1cnc[nH]1)C(=O)O. The number of carbonyl (C=O) groups excluding carboxylic acids is 3. The lowest BCUT2D eigenvalue weighted by molar-refractivity contribution is -0.142. The molecule has 0 spiro atoms. The second-order valence-electron chi connectivity index (χ2n) is 10.5. The van der Waals surface area contributed by atoms with Crippen LogP contribution in [0.25, 0.3) is 10.9 Å². The summed E-state index contributed by atoms with van der Waals surface area (Å²) in [6.45, 7) is 3.64. The number of carboxylic acid groups (broad SMARTS) is 2. The minimum atomic E-state index is -1.33. The smallest absolute Gasteiger partial charge is 0.326 e. The maximum absolute atomic E-state index is 13.5. The highest BCUT2D eigenvalue weighted by Crippen LogP contribution is 2.19. The van der Waals surface area contributed by atoms with E-state index in [0.717, 1.165) is 10.9 Å². The van der Waals surface area contributed by atoms with Crippen LogP contribution >= 0.6 is 0 Å². The van der Waals surface area contributed by atoms with Gasteiger partial charge in [0.2, 0.25) is 17.7 Å². The largest absolute Gasteiger partial charge is 0.481 e. The Morgan fingerprint density at radius 2 is 1.57 bits per heavy atom. The van der Waals surface area contributed by atoms with Crippen molar-refractivity contribution < 1.29 is 34.2 Å². The second-order valence-corrected chi connectivity index (χ2v) is 10.5. The number of hydrogen-bond acceptors (Lipinski definition) is 7. The van der Waals surface area contributed by atoms with E-state index < -0.39 is 60.2 Å². The molecule has 42 heavy (non-hydrogen) atoms. The van der Waals surface area contributed by atoms with E-state index in [4.69, 9.17) is 5.73 Å². The van der Waals surface area contributed by atoms with E-state index in [1.165, 1.54) is 12.5 Å². The Hall–Kier alpha value is -4.72. The van der Waals surface area contributed by atoms with Crippen molar-refractivity contribution in [1.29, 1.82) is 0 Å². The number of H-pyrrole nitrogens is 2. The lowest BCUT2D eigenvalue weighted by Crippen LogP contribution is -2.58. The molecule has 4 unspecified atom stereocenters.